The Bertz CT molecular complexity index is 325. The third kappa shape index (κ3) is 2.66. The fourth-order valence-corrected chi connectivity index (χ4v) is 1.38. The smallest absolute Gasteiger partial charge is 0.334 e. The first-order valence-corrected chi connectivity index (χ1v) is 5.02. The Labute approximate surface area is 94.9 Å². The van der Waals surface area contributed by atoms with Crippen LogP contribution in [-0.4, -0.2) is 22.3 Å². The van der Waals surface area contributed by atoms with Gasteiger partial charge in [0.25, 0.3) is 0 Å². The number of carbonyl (C=O) groups is 1. The van der Waals surface area contributed by atoms with E-state index in [1.807, 2.05) is 12.1 Å². The quantitative estimate of drug-likeness (QED) is 0.719. The molecule has 0 aliphatic carbocycles. The molecule has 14 heavy (non-hydrogen) atoms. The monoisotopic (exact) mass is 307 g/mol. The number of carboxylic acid groups (broad SMARTS) is 1. The van der Waals surface area contributed by atoms with Crippen LogP contribution in [-0.2, 0) is 4.79 Å². The second kappa shape index (κ2) is 4.72. The third-order valence-corrected chi connectivity index (χ3v) is 2.57. The number of hydrogen-bond donors (Lipinski definition) is 3. The zero-order chi connectivity index (χ0) is 10.7. The molecule has 4 N–H and O–H groups in total. The van der Waals surface area contributed by atoms with Gasteiger partial charge in [-0.3, -0.25) is 0 Å². The first-order valence-electron chi connectivity index (χ1n) is 3.94. The van der Waals surface area contributed by atoms with Crippen LogP contribution < -0.4 is 5.73 Å². The fraction of sp³-hybridized carbons (Fsp3) is 0.222. The highest BCUT2D eigenvalue weighted by Gasteiger charge is 2.23. The summed E-state index contributed by atoms with van der Waals surface area (Å²) in [6.45, 7) is 0. The van der Waals surface area contributed by atoms with Gasteiger partial charge in [0.1, 0.15) is 0 Å². The van der Waals surface area contributed by atoms with Gasteiger partial charge in [0.2, 0.25) is 0 Å². The molecular weight excluding hydrogens is 297 g/mol. The van der Waals surface area contributed by atoms with Gasteiger partial charge in [0.05, 0.1) is 6.04 Å². The van der Waals surface area contributed by atoms with Crippen LogP contribution in [0, 0.1) is 3.57 Å². The number of benzene rings is 1. The summed E-state index contributed by atoms with van der Waals surface area (Å²) < 4.78 is 1.03. The van der Waals surface area contributed by atoms with Gasteiger partial charge >= 0.3 is 5.97 Å². The SMILES string of the molecule is NC(c1ccc(I)cc1)C(O)C(=O)O. The summed E-state index contributed by atoms with van der Waals surface area (Å²) in [7, 11) is 0. The Morgan fingerprint density at radius 3 is 2.29 bits per heavy atom. The average molecular weight is 307 g/mol. The molecule has 2 unspecified atom stereocenters. The molecular formula is C9H10INO3. The molecule has 5 heteroatoms. The van der Waals surface area contributed by atoms with Gasteiger partial charge in [0, 0.05) is 3.57 Å². The van der Waals surface area contributed by atoms with Gasteiger partial charge in [0.15, 0.2) is 6.10 Å². The van der Waals surface area contributed by atoms with E-state index in [1.54, 1.807) is 12.1 Å². The van der Waals surface area contributed by atoms with E-state index in [0.717, 1.165) is 3.57 Å². The summed E-state index contributed by atoms with van der Waals surface area (Å²) >= 11 is 2.13. The van der Waals surface area contributed by atoms with E-state index >= 15 is 0 Å². The zero-order valence-electron chi connectivity index (χ0n) is 7.22. The third-order valence-electron chi connectivity index (χ3n) is 1.85. The Morgan fingerprint density at radius 1 is 1.36 bits per heavy atom. The summed E-state index contributed by atoms with van der Waals surface area (Å²) in [5, 5.41) is 17.7. The van der Waals surface area contributed by atoms with Crippen molar-refractivity contribution < 1.29 is 15.0 Å². The lowest BCUT2D eigenvalue weighted by Gasteiger charge is -2.15. The lowest BCUT2D eigenvalue weighted by molar-refractivity contribution is -0.147. The highest BCUT2D eigenvalue weighted by atomic mass is 127. The Balaban J connectivity index is 2.84. The first-order chi connectivity index (χ1) is 6.52. The minimum absolute atomic E-state index is 0.611. The Hall–Kier alpha value is -0.660. The molecule has 4 nitrogen and oxygen atoms in total. The molecule has 0 bridgehead atoms. The average Bonchev–Trinajstić information content (AvgIpc) is 2.16. The number of aliphatic carboxylic acids is 1. The molecule has 0 aliphatic heterocycles. The molecule has 76 valence electrons. The maximum Gasteiger partial charge on any atom is 0.334 e. The van der Waals surface area contributed by atoms with Gasteiger partial charge in [-0.25, -0.2) is 4.79 Å². The molecule has 0 radical (unpaired) electrons. The minimum Gasteiger partial charge on any atom is -0.479 e. The van der Waals surface area contributed by atoms with Crippen LogP contribution in [0.3, 0.4) is 0 Å². The van der Waals surface area contributed by atoms with E-state index in [2.05, 4.69) is 22.6 Å². The van der Waals surface area contributed by atoms with Crippen molar-refractivity contribution in [1.82, 2.24) is 0 Å². The van der Waals surface area contributed by atoms with Crippen molar-refractivity contribution >= 4 is 28.6 Å². The summed E-state index contributed by atoms with van der Waals surface area (Å²) in [5.74, 6) is -1.31. The molecule has 0 heterocycles. The molecule has 0 fully saturated rings. The van der Waals surface area contributed by atoms with Crippen molar-refractivity contribution in [2.45, 2.75) is 12.1 Å². The number of aliphatic hydroxyl groups is 1. The Morgan fingerprint density at radius 2 is 1.86 bits per heavy atom. The fourth-order valence-electron chi connectivity index (χ4n) is 1.02. The summed E-state index contributed by atoms with van der Waals surface area (Å²) in [6, 6.07) is 6.15. The van der Waals surface area contributed by atoms with Crippen molar-refractivity contribution in [3.63, 3.8) is 0 Å². The Kier molecular flexibility index (Phi) is 3.85. The highest BCUT2D eigenvalue weighted by molar-refractivity contribution is 14.1. The highest BCUT2D eigenvalue weighted by Crippen LogP contribution is 2.16. The normalized spacial score (nSPS) is 14.8. The lowest BCUT2D eigenvalue weighted by atomic mass is 10.0. The second-order valence-corrected chi connectivity index (χ2v) is 4.11. The first kappa shape index (κ1) is 11.4. The van der Waals surface area contributed by atoms with Crippen molar-refractivity contribution in [2.24, 2.45) is 5.73 Å². The lowest BCUT2D eigenvalue weighted by Crippen LogP contribution is -2.33. The van der Waals surface area contributed by atoms with Crippen LogP contribution in [0.4, 0.5) is 0 Å². The zero-order valence-corrected chi connectivity index (χ0v) is 9.38. The summed E-state index contributed by atoms with van der Waals surface area (Å²) in [6.07, 6.45) is -1.56. The molecule has 2 atom stereocenters. The van der Waals surface area contributed by atoms with Gasteiger partial charge < -0.3 is 15.9 Å². The number of halogens is 1. The standard InChI is InChI=1S/C9H10INO3/c10-6-3-1-5(2-4-6)7(11)8(12)9(13)14/h1-4,7-8,12H,11H2,(H,13,14). The van der Waals surface area contributed by atoms with Gasteiger partial charge in [-0.15, -0.1) is 0 Å². The maximum atomic E-state index is 10.4. The van der Waals surface area contributed by atoms with Crippen molar-refractivity contribution in [3.05, 3.63) is 33.4 Å². The topological polar surface area (TPSA) is 83.5 Å². The number of rotatable bonds is 3. The maximum absolute atomic E-state index is 10.4. The van der Waals surface area contributed by atoms with Crippen molar-refractivity contribution in [2.75, 3.05) is 0 Å². The number of aliphatic hydroxyl groups excluding tert-OH is 1. The number of carboxylic acids is 1. The largest absolute Gasteiger partial charge is 0.479 e. The molecule has 0 aromatic heterocycles. The summed E-state index contributed by atoms with van der Waals surface area (Å²) in [4.78, 5) is 10.4. The van der Waals surface area contributed by atoms with Gasteiger partial charge in [-0.05, 0) is 40.3 Å². The molecule has 0 saturated carbocycles. The van der Waals surface area contributed by atoms with Crippen LogP contribution in [0.25, 0.3) is 0 Å². The van der Waals surface area contributed by atoms with Gasteiger partial charge in [-0.1, -0.05) is 12.1 Å². The molecule has 0 aliphatic rings. The van der Waals surface area contributed by atoms with Crippen LogP contribution >= 0.6 is 22.6 Å². The molecule has 1 aromatic carbocycles. The minimum atomic E-state index is -1.56. The predicted octanol–water partition coefficient (Wildman–Crippen LogP) is 0.737. The van der Waals surface area contributed by atoms with E-state index in [4.69, 9.17) is 10.8 Å². The molecule has 0 amide bonds. The van der Waals surface area contributed by atoms with Crippen LogP contribution in [0.5, 0.6) is 0 Å². The van der Waals surface area contributed by atoms with Crippen molar-refractivity contribution in [1.29, 1.82) is 0 Å². The van der Waals surface area contributed by atoms with E-state index < -0.39 is 18.1 Å². The number of nitrogens with two attached hydrogens (primary N) is 1. The van der Waals surface area contributed by atoms with E-state index in [-0.39, 0.29) is 0 Å². The second-order valence-electron chi connectivity index (χ2n) is 2.86. The van der Waals surface area contributed by atoms with Crippen molar-refractivity contribution in [3.8, 4) is 0 Å². The molecule has 0 saturated heterocycles. The van der Waals surface area contributed by atoms with Crippen LogP contribution in [0.1, 0.15) is 11.6 Å². The summed E-state index contributed by atoms with van der Waals surface area (Å²) in [5.41, 5.74) is 6.17. The van der Waals surface area contributed by atoms with Crippen LogP contribution in [0.2, 0.25) is 0 Å². The van der Waals surface area contributed by atoms with E-state index in [1.165, 1.54) is 0 Å². The van der Waals surface area contributed by atoms with E-state index in [0.29, 0.717) is 5.56 Å². The molecule has 1 rings (SSSR count). The molecule has 1 aromatic rings. The van der Waals surface area contributed by atoms with E-state index in [9.17, 15) is 9.90 Å². The van der Waals surface area contributed by atoms with Crippen LogP contribution in [0.15, 0.2) is 24.3 Å². The number of hydrogen-bond acceptors (Lipinski definition) is 3. The predicted molar refractivity (Wildman–Crippen MR) is 59.7 cm³/mol. The molecule has 0 spiro atoms. The van der Waals surface area contributed by atoms with Gasteiger partial charge in [-0.2, -0.15) is 0 Å².